The number of halogens is 1. The number of nitrogens with zero attached hydrogens (tertiary/aromatic N) is 4. The monoisotopic (exact) mass is 362 g/mol. The highest BCUT2D eigenvalue weighted by Gasteiger charge is 2.24. The van der Waals surface area contributed by atoms with Crippen LogP contribution in [0.4, 0.5) is 11.5 Å². The molecule has 2 heterocycles. The van der Waals surface area contributed by atoms with Crippen LogP contribution < -0.4 is 9.64 Å². The van der Waals surface area contributed by atoms with Gasteiger partial charge in [-0.25, -0.2) is 4.98 Å². The summed E-state index contributed by atoms with van der Waals surface area (Å²) >= 11 is 6.07. The number of piperazine rings is 1. The molecule has 1 fully saturated rings. The third kappa shape index (κ3) is 4.37. The molecule has 0 radical (unpaired) electrons. The molecular weight excluding hydrogens is 344 g/mol. The van der Waals surface area contributed by atoms with Crippen LogP contribution in [0.15, 0.2) is 42.6 Å². The molecule has 0 saturated carbocycles. The van der Waals surface area contributed by atoms with Crippen LogP contribution in [0.2, 0.25) is 5.02 Å². The second-order valence-corrected chi connectivity index (χ2v) is 6.12. The number of benzene rings is 1. The molecule has 1 aliphatic rings. The molecule has 0 amide bonds. The zero-order valence-electron chi connectivity index (χ0n) is 13.7. The van der Waals surface area contributed by atoms with Gasteiger partial charge in [-0.2, -0.15) is 0 Å². The van der Waals surface area contributed by atoms with Crippen molar-refractivity contribution in [2.24, 2.45) is 0 Å². The zero-order valence-corrected chi connectivity index (χ0v) is 14.4. The Morgan fingerprint density at radius 1 is 1.16 bits per heavy atom. The van der Waals surface area contributed by atoms with Gasteiger partial charge in [0, 0.05) is 45.0 Å². The Bertz CT molecular complexity index is 735. The first-order chi connectivity index (χ1) is 12.1. The summed E-state index contributed by atoms with van der Waals surface area (Å²) in [5.74, 6) is 1.13. The predicted molar refractivity (Wildman–Crippen MR) is 96.5 cm³/mol. The number of rotatable bonds is 6. The maximum atomic E-state index is 11.1. The lowest BCUT2D eigenvalue weighted by Crippen LogP contribution is -2.48. The van der Waals surface area contributed by atoms with Crippen LogP contribution >= 0.6 is 11.6 Å². The minimum Gasteiger partial charge on any atom is -0.491 e. The zero-order chi connectivity index (χ0) is 17.6. The summed E-state index contributed by atoms with van der Waals surface area (Å²) in [4.78, 5) is 19.2. The van der Waals surface area contributed by atoms with E-state index < -0.39 is 0 Å². The number of hydrogen-bond donors (Lipinski definition) is 0. The van der Waals surface area contributed by atoms with Crippen molar-refractivity contribution in [3.05, 3.63) is 57.7 Å². The van der Waals surface area contributed by atoms with Gasteiger partial charge in [-0.05, 0) is 18.2 Å². The Morgan fingerprint density at radius 2 is 1.92 bits per heavy atom. The highest BCUT2D eigenvalue weighted by atomic mass is 35.5. The van der Waals surface area contributed by atoms with E-state index in [-0.39, 0.29) is 10.6 Å². The second kappa shape index (κ2) is 8.13. The Labute approximate surface area is 150 Å². The first-order valence-electron chi connectivity index (χ1n) is 8.09. The number of pyridine rings is 1. The Balaban J connectivity index is 1.49. The molecule has 0 aliphatic carbocycles. The molecule has 1 saturated heterocycles. The van der Waals surface area contributed by atoms with Gasteiger partial charge in [0.1, 0.15) is 12.4 Å². The fourth-order valence-electron chi connectivity index (χ4n) is 2.80. The van der Waals surface area contributed by atoms with Gasteiger partial charge in [-0.15, -0.1) is 0 Å². The molecule has 0 spiro atoms. The molecule has 1 aromatic heterocycles. The van der Waals surface area contributed by atoms with Crippen molar-refractivity contribution in [3.8, 4) is 5.75 Å². The maximum absolute atomic E-state index is 11.1. The van der Waals surface area contributed by atoms with Crippen molar-refractivity contribution in [3.63, 3.8) is 0 Å². The van der Waals surface area contributed by atoms with Crippen LogP contribution in [0.3, 0.4) is 0 Å². The SMILES string of the molecule is O=[N+]([O-])c1cccnc1N1CCN(CCOc2ccccc2Cl)CC1. The first-order valence-corrected chi connectivity index (χ1v) is 8.47. The highest BCUT2D eigenvalue weighted by molar-refractivity contribution is 6.32. The van der Waals surface area contributed by atoms with Gasteiger partial charge >= 0.3 is 5.69 Å². The van der Waals surface area contributed by atoms with Crippen molar-refractivity contribution in [2.45, 2.75) is 0 Å². The smallest absolute Gasteiger partial charge is 0.311 e. The van der Waals surface area contributed by atoms with E-state index in [1.54, 1.807) is 18.3 Å². The van der Waals surface area contributed by atoms with Crippen molar-refractivity contribution in [1.82, 2.24) is 9.88 Å². The molecule has 1 aliphatic heterocycles. The molecule has 7 nitrogen and oxygen atoms in total. The summed E-state index contributed by atoms with van der Waals surface area (Å²) in [5.41, 5.74) is 0.0537. The van der Waals surface area contributed by atoms with Crippen LogP contribution in [-0.4, -0.2) is 54.1 Å². The van der Waals surface area contributed by atoms with Crippen LogP contribution in [0, 0.1) is 10.1 Å². The number of anilines is 1. The lowest BCUT2D eigenvalue weighted by Gasteiger charge is -2.34. The van der Waals surface area contributed by atoms with Gasteiger partial charge in [0.05, 0.1) is 9.95 Å². The van der Waals surface area contributed by atoms with Crippen molar-refractivity contribution in [1.29, 1.82) is 0 Å². The van der Waals surface area contributed by atoms with Crippen molar-refractivity contribution < 1.29 is 9.66 Å². The summed E-state index contributed by atoms with van der Waals surface area (Å²) in [6.45, 7) is 4.34. The summed E-state index contributed by atoms with van der Waals surface area (Å²) in [7, 11) is 0. The van der Waals surface area contributed by atoms with Crippen LogP contribution in [0.1, 0.15) is 0 Å². The molecule has 25 heavy (non-hydrogen) atoms. The second-order valence-electron chi connectivity index (χ2n) is 5.71. The average molecular weight is 363 g/mol. The third-order valence-corrected chi connectivity index (χ3v) is 4.45. The van der Waals surface area contributed by atoms with E-state index in [1.807, 2.05) is 23.1 Å². The summed E-state index contributed by atoms with van der Waals surface area (Å²) in [6, 6.07) is 10.5. The van der Waals surface area contributed by atoms with Crippen LogP contribution in [0.25, 0.3) is 0 Å². The number of para-hydroxylation sites is 1. The van der Waals surface area contributed by atoms with Gasteiger partial charge in [0.25, 0.3) is 0 Å². The largest absolute Gasteiger partial charge is 0.491 e. The molecular formula is C17H19ClN4O3. The van der Waals surface area contributed by atoms with Gasteiger partial charge < -0.3 is 9.64 Å². The maximum Gasteiger partial charge on any atom is 0.311 e. The molecule has 0 unspecified atom stereocenters. The summed E-state index contributed by atoms with van der Waals surface area (Å²) in [6.07, 6.45) is 1.59. The number of aromatic nitrogens is 1. The van der Waals surface area contributed by atoms with E-state index in [2.05, 4.69) is 9.88 Å². The van der Waals surface area contributed by atoms with Gasteiger partial charge in [0.15, 0.2) is 0 Å². The predicted octanol–water partition coefficient (Wildman–Crippen LogP) is 2.84. The number of ether oxygens (including phenoxy) is 1. The van der Waals surface area contributed by atoms with Crippen molar-refractivity contribution >= 4 is 23.1 Å². The lowest BCUT2D eigenvalue weighted by atomic mass is 10.3. The van der Waals surface area contributed by atoms with Crippen molar-refractivity contribution in [2.75, 3.05) is 44.2 Å². The minimum atomic E-state index is -0.383. The van der Waals surface area contributed by atoms with E-state index in [0.717, 1.165) is 19.6 Å². The average Bonchev–Trinajstić information content (AvgIpc) is 2.64. The van der Waals surface area contributed by atoms with E-state index in [0.29, 0.717) is 36.3 Å². The van der Waals surface area contributed by atoms with Crippen LogP contribution in [-0.2, 0) is 0 Å². The fraction of sp³-hybridized carbons (Fsp3) is 0.353. The molecule has 0 atom stereocenters. The Morgan fingerprint density at radius 3 is 2.64 bits per heavy atom. The summed E-state index contributed by atoms with van der Waals surface area (Å²) in [5, 5.41) is 11.7. The van der Waals surface area contributed by atoms with Crippen LogP contribution in [0.5, 0.6) is 5.75 Å². The molecule has 8 heteroatoms. The topological polar surface area (TPSA) is 71.7 Å². The highest BCUT2D eigenvalue weighted by Crippen LogP contribution is 2.26. The Hall–Kier alpha value is -2.38. The summed E-state index contributed by atoms with van der Waals surface area (Å²) < 4.78 is 5.71. The molecule has 2 aromatic rings. The minimum absolute atomic E-state index is 0.0537. The fourth-order valence-corrected chi connectivity index (χ4v) is 2.99. The van der Waals surface area contributed by atoms with E-state index >= 15 is 0 Å². The quantitative estimate of drug-likeness (QED) is 0.581. The molecule has 0 bridgehead atoms. The number of hydrogen-bond acceptors (Lipinski definition) is 6. The molecule has 3 rings (SSSR count). The lowest BCUT2D eigenvalue weighted by molar-refractivity contribution is -0.384. The molecule has 1 aromatic carbocycles. The third-order valence-electron chi connectivity index (χ3n) is 4.14. The first kappa shape index (κ1) is 17.4. The van der Waals surface area contributed by atoms with Gasteiger partial charge in [0.2, 0.25) is 5.82 Å². The molecule has 0 N–H and O–H groups in total. The molecule has 132 valence electrons. The van der Waals surface area contributed by atoms with Gasteiger partial charge in [-0.1, -0.05) is 23.7 Å². The number of nitro groups is 1. The van der Waals surface area contributed by atoms with E-state index in [4.69, 9.17) is 16.3 Å². The van der Waals surface area contributed by atoms with E-state index in [9.17, 15) is 10.1 Å². The standard InChI is InChI=1S/C17H19ClN4O3/c18-14-4-1-2-6-16(14)25-13-12-20-8-10-21(11-9-20)17-15(22(23)24)5-3-7-19-17/h1-7H,8-13H2. The van der Waals surface area contributed by atoms with Gasteiger partial charge in [-0.3, -0.25) is 15.0 Å². The normalized spacial score (nSPS) is 15.2. The van der Waals surface area contributed by atoms with E-state index in [1.165, 1.54) is 6.07 Å². The Kier molecular flexibility index (Phi) is 5.67.